The second-order valence-electron chi connectivity index (χ2n) is 3.92. The van der Waals surface area contributed by atoms with Crippen molar-refractivity contribution < 1.29 is 4.79 Å². The fourth-order valence-electron chi connectivity index (χ4n) is 1.73. The zero-order chi connectivity index (χ0) is 12.1. The molecule has 0 unspecified atom stereocenters. The molecule has 17 heavy (non-hydrogen) atoms. The summed E-state index contributed by atoms with van der Waals surface area (Å²) in [5.74, 6) is 0.779. The number of hydrogen-bond donors (Lipinski definition) is 2. The molecule has 2 rings (SSSR count). The number of hydrogen-bond acceptors (Lipinski definition) is 3. The van der Waals surface area contributed by atoms with Crippen molar-refractivity contribution in [2.24, 2.45) is 5.73 Å². The minimum Gasteiger partial charge on any atom is -0.371 e. The Morgan fingerprint density at radius 2 is 2.29 bits per heavy atom. The lowest BCUT2D eigenvalue weighted by Gasteiger charge is -2.08. The highest BCUT2D eigenvalue weighted by molar-refractivity contribution is 5.73. The van der Waals surface area contributed by atoms with E-state index < -0.39 is 0 Å². The Labute approximate surface area is 99.6 Å². The van der Waals surface area contributed by atoms with E-state index in [1.165, 1.54) is 0 Å². The van der Waals surface area contributed by atoms with Crippen molar-refractivity contribution in [2.45, 2.75) is 19.3 Å². The van der Waals surface area contributed by atoms with Gasteiger partial charge >= 0.3 is 0 Å². The average Bonchev–Trinajstić information content (AvgIpc) is 2.77. The standard InChI is InChI=1S/C12H16N4O/c13-10(17)4-1-2-7-14-11-5-3-6-12-15-8-9-16(11)12/h3,5-6,8-9,14H,1-2,4,7H2,(H2,13,17). The zero-order valence-corrected chi connectivity index (χ0v) is 9.60. The molecule has 0 bridgehead atoms. The minimum absolute atomic E-state index is 0.235. The van der Waals surface area contributed by atoms with Gasteiger partial charge in [0.25, 0.3) is 0 Å². The molecular formula is C12H16N4O. The Bertz CT molecular complexity index is 506. The van der Waals surface area contributed by atoms with Crippen molar-refractivity contribution in [3.63, 3.8) is 0 Å². The summed E-state index contributed by atoms with van der Waals surface area (Å²) in [5.41, 5.74) is 6.00. The summed E-state index contributed by atoms with van der Waals surface area (Å²) >= 11 is 0. The number of pyridine rings is 1. The Morgan fingerprint density at radius 1 is 1.41 bits per heavy atom. The van der Waals surface area contributed by atoms with Crippen molar-refractivity contribution in [3.8, 4) is 0 Å². The Kier molecular flexibility index (Phi) is 3.59. The van der Waals surface area contributed by atoms with Gasteiger partial charge in [-0.1, -0.05) is 6.07 Å². The molecule has 2 aromatic rings. The van der Waals surface area contributed by atoms with Crippen LogP contribution < -0.4 is 11.1 Å². The Morgan fingerprint density at radius 3 is 3.12 bits per heavy atom. The van der Waals surface area contributed by atoms with E-state index in [-0.39, 0.29) is 5.91 Å². The number of imidazole rings is 1. The van der Waals surface area contributed by atoms with Crippen LogP contribution in [0.4, 0.5) is 5.82 Å². The van der Waals surface area contributed by atoms with Crippen molar-refractivity contribution in [2.75, 3.05) is 11.9 Å². The highest BCUT2D eigenvalue weighted by Gasteiger charge is 1.99. The number of nitrogens with one attached hydrogen (secondary N) is 1. The van der Waals surface area contributed by atoms with Crippen LogP contribution in [-0.4, -0.2) is 21.8 Å². The third-order valence-electron chi connectivity index (χ3n) is 2.58. The lowest BCUT2D eigenvalue weighted by molar-refractivity contribution is -0.118. The zero-order valence-electron chi connectivity index (χ0n) is 9.60. The first-order valence-corrected chi connectivity index (χ1v) is 5.71. The average molecular weight is 232 g/mol. The molecule has 2 heterocycles. The van der Waals surface area contributed by atoms with Gasteiger partial charge in [0.1, 0.15) is 11.5 Å². The van der Waals surface area contributed by atoms with E-state index in [1.54, 1.807) is 6.20 Å². The molecule has 0 radical (unpaired) electrons. The number of fused-ring (bicyclic) bond motifs is 1. The maximum absolute atomic E-state index is 10.6. The Balaban J connectivity index is 1.86. The van der Waals surface area contributed by atoms with Crippen LogP contribution in [0.25, 0.3) is 5.65 Å². The van der Waals surface area contributed by atoms with Gasteiger partial charge in [-0.15, -0.1) is 0 Å². The molecule has 0 saturated carbocycles. The van der Waals surface area contributed by atoms with Crippen LogP contribution in [0.2, 0.25) is 0 Å². The highest BCUT2D eigenvalue weighted by atomic mass is 16.1. The molecule has 0 saturated heterocycles. The van der Waals surface area contributed by atoms with Gasteiger partial charge in [-0.05, 0) is 25.0 Å². The van der Waals surface area contributed by atoms with Crippen LogP contribution in [0.3, 0.4) is 0 Å². The largest absolute Gasteiger partial charge is 0.371 e. The number of anilines is 1. The van der Waals surface area contributed by atoms with E-state index in [2.05, 4.69) is 10.3 Å². The van der Waals surface area contributed by atoms with Crippen LogP contribution in [-0.2, 0) is 4.79 Å². The molecule has 0 aliphatic rings. The number of aromatic nitrogens is 2. The molecule has 0 fully saturated rings. The minimum atomic E-state index is -0.235. The summed E-state index contributed by atoms with van der Waals surface area (Å²) in [6, 6.07) is 5.93. The molecule has 0 atom stereocenters. The van der Waals surface area contributed by atoms with Crippen molar-refractivity contribution in [3.05, 3.63) is 30.6 Å². The monoisotopic (exact) mass is 232 g/mol. The summed E-state index contributed by atoms with van der Waals surface area (Å²) < 4.78 is 1.99. The van der Waals surface area contributed by atoms with Gasteiger partial charge in [0.15, 0.2) is 0 Å². The lowest BCUT2D eigenvalue weighted by atomic mass is 10.2. The first-order chi connectivity index (χ1) is 8.27. The number of carbonyl (C=O) groups is 1. The molecule has 5 heteroatoms. The highest BCUT2D eigenvalue weighted by Crippen LogP contribution is 2.10. The number of unbranched alkanes of at least 4 members (excludes halogenated alkanes) is 1. The second kappa shape index (κ2) is 5.34. The molecule has 90 valence electrons. The van der Waals surface area contributed by atoms with Crippen molar-refractivity contribution in [1.29, 1.82) is 0 Å². The molecule has 1 amide bonds. The Hall–Kier alpha value is -2.04. The summed E-state index contributed by atoms with van der Waals surface area (Å²) in [6.45, 7) is 0.824. The third kappa shape index (κ3) is 2.96. The van der Waals surface area contributed by atoms with Crippen LogP contribution in [0, 0.1) is 0 Å². The van der Waals surface area contributed by atoms with E-state index >= 15 is 0 Å². The number of primary amides is 1. The maximum Gasteiger partial charge on any atom is 0.217 e. The molecule has 0 spiro atoms. The van der Waals surface area contributed by atoms with Gasteiger partial charge in [-0.3, -0.25) is 9.20 Å². The van der Waals surface area contributed by atoms with Crippen molar-refractivity contribution >= 4 is 17.4 Å². The van der Waals surface area contributed by atoms with Crippen LogP contribution >= 0.6 is 0 Å². The van der Waals surface area contributed by atoms with Crippen LogP contribution in [0.15, 0.2) is 30.6 Å². The normalized spacial score (nSPS) is 10.6. The topological polar surface area (TPSA) is 72.4 Å². The summed E-state index contributed by atoms with van der Waals surface area (Å²) in [4.78, 5) is 14.8. The van der Waals surface area contributed by atoms with E-state index in [4.69, 9.17) is 5.73 Å². The summed E-state index contributed by atoms with van der Waals surface area (Å²) in [5, 5.41) is 3.32. The molecule has 5 nitrogen and oxygen atoms in total. The van der Waals surface area contributed by atoms with Crippen LogP contribution in [0.1, 0.15) is 19.3 Å². The van der Waals surface area contributed by atoms with Gasteiger partial charge in [0.05, 0.1) is 0 Å². The van der Waals surface area contributed by atoms with E-state index in [1.807, 2.05) is 28.8 Å². The predicted molar refractivity (Wildman–Crippen MR) is 66.7 cm³/mol. The van der Waals surface area contributed by atoms with Gasteiger partial charge in [0.2, 0.25) is 5.91 Å². The number of nitrogens with two attached hydrogens (primary N) is 1. The molecule has 0 aliphatic heterocycles. The lowest BCUT2D eigenvalue weighted by Crippen LogP contribution is -2.11. The number of amides is 1. The maximum atomic E-state index is 10.6. The van der Waals surface area contributed by atoms with Gasteiger partial charge in [-0.2, -0.15) is 0 Å². The summed E-state index contributed by atoms with van der Waals surface area (Å²) in [7, 11) is 0. The number of rotatable bonds is 6. The first kappa shape index (κ1) is 11.4. The number of nitrogens with zero attached hydrogens (tertiary/aromatic N) is 2. The van der Waals surface area contributed by atoms with Crippen LogP contribution in [0.5, 0.6) is 0 Å². The molecule has 0 aliphatic carbocycles. The quantitative estimate of drug-likeness (QED) is 0.739. The van der Waals surface area contributed by atoms with E-state index in [0.717, 1.165) is 30.9 Å². The van der Waals surface area contributed by atoms with Crippen molar-refractivity contribution in [1.82, 2.24) is 9.38 Å². The molecule has 2 aromatic heterocycles. The molecule has 3 N–H and O–H groups in total. The summed E-state index contributed by atoms with van der Waals surface area (Å²) in [6.07, 6.45) is 5.89. The van der Waals surface area contributed by atoms with E-state index in [0.29, 0.717) is 6.42 Å². The fourth-order valence-corrected chi connectivity index (χ4v) is 1.73. The number of carbonyl (C=O) groups excluding carboxylic acids is 1. The van der Waals surface area contributed by atoms with Gasteiger partial charge < -0.3 is 11.1 Å². The second-order valence-corrected chi connectivity index (χ2v) is 3.92. The predicted octanol–water partition coefficient (Wildman–Crippen LogP) is 1.40. The van der Waals surface area contributed by atoms with E-state index in [9.17, 15) is 4.79 Å². The smallest absolute Gasteiger partial charge is 0.217 e. The third-order valence-corrected chi connectivity index (χ3v) is 2.58. The van der Waals surface area contributed by atoms with Gasteiger partial charge in [0, 0.05) is 25.4 Å². The first-order valence-electron chi connectivity index (χ1n) is 5.71. The fraction of sp³-hybridized carbons (Fsp3) is 0.333. The molecule has 0 aromatic carbocycles. The van der Waals surface area contributed by atoms with Gasteiger partial charge in [-0.25, -0.2) is 4.98 Å². The molecular weight excluding hydrogens is 216 g/mol. The SMILES string of the molecule is NC(=O)CCCCNc1cccc2nccn12.